The van der Waals surface area contributed by atoms with Gasteiger partial charge in [-0.15, -0.1) is 0 Å². The van der Waals surface area contributed by atoms with Crippen molar-refractivity contribution in [3.8, 4) is 5.82 Å². The van der Waals surface area contributed by atoms with Crippen molar-refractivity contribution < 1.29 is 5.11 Å². The fourth-order valence-electron chi connectivity index (χ4n) is 2.70. The van der Waals surface area contributed by atoms with Crippen LogP contribution in [0.3, 0.4) is 0 Å². The molecule has 4 nitrogen and oxygen atoms in total. The van der Waals surface area contributed by atoms with Gasteiger partial charge in [0.1, 0.15) is 12.1 Å². The van der Waals surface area contributed by atoms with Crippen molar-refractivity contribution >= 4 is 0 Å². The minimum atomic E-state index is 0.0550. The zero-order valence-electron chi connectivity index (χ0n) is 11.3. The molecule has 0 radical (unpaired) electrons. The summed E-state index contributed by atoms with van der Waals surface area (Å²) in [4.78, 5) is 9.17. The fourth-order valence-corrected chi connectivity index (χ4v) is 2.70. The van der Waals surface area contributed by atoms with E-state index in [0.29, 0.717) is 0 Å². The normalized spacial score (nSPS) is 14.4. The van der Waals surface area contributed by atoms with Crippen molar-refractivity contribution in [1.29, 1.82) is 0 Å². The van der Waals surface area contributed by atoms with Crippen LogP contribution in [0.5, 0.6) is 0 Å². The van der Waals surface area contributed by atoms with Crippen LogP contribution in [0.2, 0.25) is 0 Å². The highest BCUT2D eigenvalue weighted by atomic mass is 16.3. The lowest BCUT2D eigenvalue weighted by Crippen LogP contribution is -2.09. The Labute approximate surface area is 113 Å². The van der Waals surface area contributed by atoms with Gasteiger partial charge in [0.05, 0.1) is 12.3 Å². The van der Waals surface area contributed by atoms with E-state index in [2.05, 4.69) is 21.5 Å². The van der Waals surface area contributed by atoms with Crippen LogP contribution in [-0.2, 0) is 25.9 Å². The molecule has 0 saturated carbocycles. The zero-order chi connectivity index (χ0) is 13.2. The minimum Gasteiger partial charge on any atom is -0.392 e. The van der Waals surface area contributed by atoms with Crippen molar-refractivity contribution in [2.24, 2.45) is 0 Å². The molecule has 4 heteroatoms. The molecular weight excluding hydrogens is 238 g/mol. The zero-order valence-corrected chi connectivity index (χ0v) is 11.3. The fraction of sp³-hybridized carbons (Fsp3) is 0.467. The number of aliphatic hydroxyl groups excluding tert-OH is 1. The lowest BCUT2D eigenvalue weighted by atomic mass is 10.0. The van der Waals surface area contributed by atoms with E-state index in [4.69, 9.17) is 0 Å². The smallest absolute Gasteiger partial charge is 0.138 e. The number of pyridine rings is 1. The molecule has 0 amide bonds. The molecule has 0 spiro atoms. The average molecular weight is 257 g/mol. The summed E-state index contributed by atoms with van der Waals surface area (Å²) in [7, 11) is 0. The summed E-state index contributed by atoms with van der Waals surface area (Å²) in [6.07, 6.45) is 7.34. The van der Waals surface area contributed by atoms with Gasteiger partial charge in [-0.3, -0.25) is 4.57 Å². The molecule has 3 rings (SSSR count). The second-order valence-electron chi connectivity index (χ2n) is 5.05. The largest absolute Gasteiger partial charge is 0.392 e. The van der Waals surface area contributed by atoms with Gasteiger partial charge in [-0.05, 0) is 49.8 Å². The summed E-state index contributed by atoms with van der Waals surface area (Å²) in [6, 6.07) is 3.92. The van der Waals surface area contributed by atoms with Crippen LogP contribution >= 0.6 is 0 Å². The number of aliphatic hydroxyl groups is 1. The molecule has 2 heterocycles. The molecule has 19 heavy (non-hydrogen) atoms. The monoisotopic (exact) mass is 257 g/mol. The molecule has 2 aromatic rings. The Bertz CT molecular complexity index is 567. The maximum Gasteiger partial charge on any atom is 0.138 e. The van der Waals surface area contributed by atoms with Gasteiger partial charge in [-0.25, -0.2) is 9.97 Å². The SMILES string of the molecule is CCc1cc(CO)cc(-n2cnc3c2CCCC3)n1. The van der Waals surface area contributed by atoms with E-state index in [1.165, 1.54) is 24.2 Å². The Balaban J connectivity index is 2.08. The maximum atomic E-state index is 9.37. The molecule has 0 fully saturated rings. The highest BCUT2D eigenvalue weighted by Crippen LogP contribution is 2.23. The predicted molar refractivity (Wildman–Crippen MR) is 73.3 cm³/mol. The van der Waals surface area contributed by atoms with Crippen LogP contribution in [0.25, 0.3) is 5.82 Å². The van der Waals surface area contributed by atoms with Gasteiger partial charge in [0.25, 0.3) is 0 Å². The van der Waals surface area contributed by atoms with Crippen molar-refractivity contribution in [3.63, 3.8) is 0 Å². The van der Waals surface area contributed by atoms with Crippen molar-refractivity contribution in [3.05, 3.63) is 41.1 Å². The summed E-state index contributed by atoms with van der Waals surface area (Å²) >= 11 is 0. The van der Waals surface area contributed by atoms with Gasteiger partial charge in [0.2, 0.25) is 0 Å². The van der Waals surface area contributed by atoms with E-state index < -0.39 is 0 Å². The molecule has 1 aliphatic carbocycles. The molecule has 1 aliphatic rings. The number of hydrogen-bond acceptors (Lipinski definition) is 3. The lowest BCUT2D eigenvalue weighted by Gasteiger charge is -2.14. The first-order valence-electron chi connectivity index (χ1n) is 6.98. The molecule has 1 N–H and O–H groups in total. The van der Waals surface area contributed by atoms with Crippen molar-refractivity contribution in [1.82, 2.24) is 14.5 Å². The summed E-state index contributed by atoms with van der Waals surface area (Å²) < 4.78 is 2.09. The second-order valence-corrected chi connectivity index (χ2v) is 5.05. The van der Waals surface area contributed by atoms with Crippen LogP contribution < -0.4 is 0 Å². The third-order valence-electron chi connectivity index (χ3n) is 3.75. The maximum absolute atomic E-state index is 9.37. The van der Waals surface area contributed by atoms with Crippen LogP contribution in [0.1, 0.15) is 42.4 Å². The number of rotatable bonds is 3. The number of aromatic nitrogens is 3. The van der Waals surface area contributed by atoms with E-state index in [-0.39, 0.29) is 6.61 Å². The highest BCUT2D eigenvalue weighted by Gasteiger charge is 2.17. The number of nitrogens with zero attached hydrogens (tertiary/aromatic N) is 3. The van der Waals surface area contributed by atoms with Crippen LogP contribution in [0.15, 0.2) is 18.5 Å². The standard InChI is InChI=1S/C15H19N3O/c1-2-12-7-11(9-19)8-15(17-12)18-10-16-13-5-3-4-6-14(13)18/h7-8,10,19H,2-6,9H2,1H3. The molecule has 0 aromatic carbocycles. The molecular formula is C15H19N3O. The summed E-state index contributed by atoms with van der Waals surface area (Å²) in [5.41, 5.74) is 4.43. The van der Waals surface area contributed by atoms with Gasteiger partial charge in [-0.1, -0.05) is 6.92 Å². The average Bonchev–Trinajstić information content (AvgIpc) is 2.90. The van der Waals surface area contributed by atoms with Crippen LogP contribution in [-0.4, -0.2) is 19.6 Å². The molecule has 0 atom stereocenters. The highest BCUT2D eigenvalue weighted by molar-refractivity contribution is 5.35. The molecule has 0 bridgehead atoms. The van der Waals surface area contributed by atoms with Crippen LogP contribution in [0.4, 0.5) is 0 Å². The van der Waals surface area contributed by atoms with Crippen LogP contribution in [0, 0.1) is 0 Å². The minimum absolute atomic E-state index is 0.0550. The van der Waals surface area contributed by atoms with Gasteiger partial charge in [0.15, 0.2) is 0 Å². The Morgan fingerprint density at radius 2 is 2.11 bits per heavy atom. The Morgan fingerprint density at radius 3 is 2.89 bits per heavy atom. The van der Waals surface area contributed by atoms with Crippen molar-refractivity contribution in [2.75, 3.05) is 0 Å². The van der Waals surface area contributed by atoms with Gasteiger partial charge < -0.3 is 5.11 Å². The molecule has 2 aromatic heterocycles. The molecule has 0 unspecified atom stereocenters. The van der Waals surface area contributed by atoms with E-state index in [1.54, 1.807) is 0 Å². The van der Waals surface area contributed by atoms with E-state index in [0.717, 1.165) is 36.3 Å². The lowest BCUT2D eigenvalue weighted by molar-refractivity contribution is 0.281. The number of hydrogen-bond donors (Lipinski definition) is 1. The molecule has 0 saturated heterocycles. The first kappa shape index (κ1) is 12.4. The number of aryl methyl sites for hydroxylation is 2. The van der Waals surface area contributed by atoms with E-state index >= 15 is 0 Å². The first-order chi connectivity index (χ1) is 9.31. The summed E-state index contributed by atoms with van der Waals surface area (Å²) in [6.45, 7) is 2.13. The third kappa shape index (κ3) is 2.28. The topological polar surface area (TPSA) is 50.9 Å². The number of imidazole rings is 1. The Hall–Kier alpha value is -1.68. The van der Waals surface area contributed by atoms with Gasteiger partial charge in [0, 0.05) is 11.4 Å². The Kier molecular flexibility index (Phi) is 3.34. The van der Waals surface area contributed by atoms with Gasteiger partial charge in [-0.2, -0.15) is 0 Å². The predicted octanol–water partition coefficient (Wildman–Crippen LogP) is 2.20. The number of fused-ring (bicyclic) bond motifs is 1. The quantitative estimate of drug-likeness (QED) is 0.917. The molecule has 100 valence electrons. The Morgan fingerprint density at radius 1 is 1.26 bits per heavy atom. The van der Waals surface area contributed by atoms with E-state index in [1.807, 2.05) is 18.5 Å². The summed E-state index contributed by atoms with van der Waals surface area (Å²) in [5, 5.41) is 9.37. The molecule has 0 aliphatic heterocycles. The van der Waals surface area contributed by atoms with Crippen molar-refractivity contribution in [2.45, 2.75) is 45.6 Å². The first-order valence-corrected chi connectivity index (χ1v) is 6.98. The van der Waals surface area contributed by atoms with Gasteiger partial charge >= 0.3 is 0 Å². The third-order valence-corrected chi connectivity index (χ3v) is 3.75. The summed E-state index contributed by atoms with van der Waals surface area (Å²) in [5.74, 6) is 0.888. The second kappa shape index (κ2) is 5.13. The van der Waals surface area contributed by atoms with E-state index in [9.17, 15) is 5.11 Å².